The molecule has 2 aromatic rings. The molecule has 2 nitrogen and oxygen atoms in total. The first-order valence-corrected chi connectivity index (χ1v) is 7.94. The number of allylic oxidation sites excluding steroid dienone is 1. The van der Waals surface area contributed by atoms with Gasteiger partial charge in [0.1, 0.15) is 11.6 Å². The van der Waals surface area contributed by atoms with Gasteiger partial charge in [0.25, 0.3) is 0 Å². The summed E-state index contributed by atoms with van der Waals surface area (Å²) in [5, 5.41) is 0. The highest BCUT2D eigenvalue weighted by atomic mass is 19.1. The normalized spacial score (nSPS) is 11.3. The standard InChI is InChI=1S/C20H21FO2/c1-2-3-4-8-11-19(21)16-12-14-17(15-13-16)20(22)23-18-9-6-5-7-10-18/h5-7,9-15H,2-4,8H2,1H3/b19-11+. The van der Waals surface area contributed by atoms with Gasteiger partial charge >= 0.3 is 5.97 Å². The van der Waals surface area contributed by atoms with E-state index in [1.165, 1.54) is 0 Å². The van der Waals surface area contributed by atoms with Gasteiger partial charge in [0.05, 0.1) is 5.56 Å². The van der Waals surface area contributed by atoms with Crippen LogP contribution in [0.5, 0.6) is 5.75 Å². The highest BCUT2D eigenvalue weighted by Crippen LogP contribution is 2.19. The van der Waals surface area contributed by atoms with Crippen LogP contribution in [0.2, 0.25) is 0 Å². The maximum Gasteiger partial charge on any atom is 0.343 e. The van der Waals surface area contributed by atoms with Crippen LogP contribution in [-0.2, 0) is 0 Å². The van der Waals surface area contributed by atoms with Gasteiger partial charge in [-0.3, -0.25) is 0 Å². The first kappa shape index (κ1) is 16.9. The smallest absolute Gasteiger partial charge is 0.343 e. The number of unbranched alkanes of at least 4 members (excludes halogenated alkanes) is 3. The number of para-hydroxylation sites is 1. The molecule has 0 saturated carbocycles. The number of esters is 1. The fraction of sp³-hybridized carbons (Fsp3) is 0.250. The Bertz CT molecular complexity index is 645. The largest absolute Gasteiger partial charge is 0.423 e. The topological polar surface area (TPSA) is 26.3 Å². The van der Waals surface area contributed by atoms with Crippen LogP contribution in [0, 0.1) is 0 Å². The molecule has 0 aromatic heterocycles. The van der Waals surface area contributed by atoms with Gasteiger partial charge in [0, 0.05) is 5.56 Å². The summed E-state index contributed by atoms with van der Waals surface area (Å²) < 4.78 is 19.2. The fourth-order valence-electron chi connectivity index (χ4n) is 2.16. The van der Waals surface area contributed by atoms with Crippen molar-refractivity contribution in [2.75, 3.05) is 0 Å². The Hall–Kier alpha value is -2.42. The van der Waals surface area contributed by atoms with Crippen LogP contribution >= 0.6 is 0 Å². The Balaban J connectivity index is 1.97. The predicted molar refractivity (Wildman–Crippen MR) is 91.1 cm³/mol. The maximum atomic E-state index is 14.0. The molecule has 0 heterocycles. The average molecular weight is 312 g/mol. The molecular formula is C20H21FO2. The van der Waals surface area contributed by atoms with Crippen molar-refractivity contribution in [3.05, 3.63) is 71.8 Å². The van der Waals surface area contributed by atoms with Gasteiger partial charge < -0.3 is 4.74 Å². The van der Waals surface area contributed by atoms with Gasteiger partial charge in [0.2, 0.25) is 0 Å². The number of rotatable bonds is 7. The summed E-state index contributed by atoms with van der Waals surface area (Å²) in [6.45, 7) is 2.12. The van der Waals surface area contributed by atoms with E-state index in [4.69, 9.17) is 4.74 Å². The van der Waals surface area contributed by atoms with Crippen LogP contribution in [0.3, 0.4) is 0 Å². The van der Waals surface area contributed by atoms with Gasteiger partial charge in [-0.2, -0.15) is 0 Å². The lowest BCUT2D eigenvalue weighted by atomic mass is 10.1. The molecule has 0 aliphatic heterocycles. The summed E-state index contributed by atoms with van der Waals surface area (Å²) in [5.74, 6) is -0.206. The second-order valence-electron chi connectivity index (χ2n) is 5.33. The van der Waals surface area contributed by atoms with E-state index in [-0.39, 0.29) is 5.83 Å². The summed E-state index contributed by atoms with van der Waals surface area (Å²) in [6, 6.07) is 15.2. The fourth-order valence-corrected chi connectivity index (χ4v) is 2.16. The molecule has 0 atom stereocenters. The average Bonchev–Trinajstić information content (AvgIpc) is 2.59. The van der Waals surface area contributed by atoms with E-state index in [0.29, 0.717) is 16.9 Å². The zero-order valence-electron chi connectivity index (χ0n) is 13.3. The number of hydrogen-bond acceptors (Lipinski definition) is 2. The number of hydrogen-bond donors (Lipinski definition) is 0. The quantitative estimate of drug-likeness (QED) is 0.367. The van der Waals surface area contributed by atoms with Gasteiger partial charge in [-0.15, -0.1) is 0 Å². The Kier molecular flexibility index (Phi) is 6.55. The van der Waals surface area contributed by atoms with Crippen molar-refractivity contribution in [2.24, 2.45) is 0 Å². The Morgan fingerprint density at radius 2 is 1.65 bits per heavy atom. The highest BCUT2D eigenvalue weighted by Gasteiger charge is 2.09. The van der Waals surface area contributed by atoms with Crippen molar-refractivity contribution in [3.63, 3.8) is 0 Å². The summed E-state index contributed by atoms with van der Waals surface area (Å²) >= 11 is 0. The summed E-state index contributed by atoms with van der Waals surface area (Å²) in [4.78, 5) is 12.0. The molecule has 2 aromatic carbocycles. The lowest BCUT2D eigenvalue weighted by Gasteiger charge is -2.05. The molecule has 3 heteroatoms. The maximum absolute atomic E-state index is 14.0. The number of carbonyl (C=O) groups excluding carboxylic acids is 1. The van der Waals surface area contributed by atoms with E-state index < -0.39 is 5.97 Å². The van der Waals surface area contributed by atoms with Crippen molar-refractivity contribution < 1.29 is 13.9 Å². The molecule has 23 heavy (non-hydrogen) atoms. The highest BCUT2D eigenvalue weighted by molar-refractivity contribution is 5.91. The van der Waals surface area contributed by atoms with Crippen molar-refractivity contribution in [3.8, 4) is 5.75 Å². The van der Waals surface area contributed by atoms with Crippen LogP contribution in [0.4, 0.5) is 4.39 Å². The molecule has 0 aliphatic carbocycles. The number of halogens is 1. The lowest BCUT2D eigenvalue weighted by molar-refractivity contribution is 0.0735. The summed E-state index contributed by atoms with van der Waals surface area (Å²) in [7, 11) is 0. The van der Waals surface area contributed by atoms with Crippen molar-refractivity contribution >= 4 is 11.8 Å². The monoisotopic (exact) mass is 312 g/mol. The van der Waals surface area contributed by atoms with Crippen molar-refractivity contribution in [1.82, 2.24) is 0 Å². The molecule has 2 rings (SSSR count). The van der Waals surface area contributed by atoms with Crippen LogP contribution in [0.15, 0.2) is 60.7 Å². The van der Waals surface area contributed by atoms with E-state index in [1.807, 2.05) is 6.07 Å². The summed E-state index contributed by atoms with van der Waals surface area (Å²) in [6.07, 6.45) is 5.55. The first-order valence-electron chi connectivity index (χ1n) is 7.94. The van der Waals surface area contributed by atoms with Crippen molar-refractivity contribution in [1.29, 1.82) is 0 Å². The van der Waals surface area contributed by atoms with Gasteiger partial charge in [0.15, 0.2) is 0 Å². The zero-order chi connectivity index (χ0) is 16.5. The Morgan fingerprint density at radius 1 is 1.00 bits per heavy atom. The second kappa shape index (κ2) is 8.89. The number of ether oxygens (including phenoxy) is 1. The molecule has 0 amide bonds. The van der Waals surface area contributed by atoms with E-state index in [2.05, 4.69) is 6.92 Å². The molecule has 0 bridgehead atoms. The minimum absolute atomic E-state index is 0.246. The first-order chi connectivity index (χ1) is 11.2. The van der Waals surface area contributed by atoms with E-state index in [0.717, 1.165) is 25.7 Å². The third-order valence-electron chi connectivity index (χ3n) is 3.48. The minimum atomic E-state index is -0.449. The predicted octanol–water partition coefficient (Wildman–Crippen LogP) is 5.80. The van der Waals surface area contributed by atoms with Crippen LogP contribution < -0.4 is 4.74 Å². The van der Waals surface area contributed by atoms with E-state index in [9.17, 15) is 9.18 Å². The molecule has 0 N–H and O–H groups in total. The SMILES string of the molecule is CCCCC/C=C(/F)c1ccc(C(=O)Oc2ccccc2)cc1. The van der Waals surface area contributed by atoms with Crippen LogP contribution in [0.25, 0.3) is 5.83 Å². The molecular weight excluding hydrogens is 291 g/mol. The van der Waals surface area contributed by atoms with Gasteiger partial charge in [-0.1, -0.05) is 50.1 Å². The van der Waals surface area contributed by atoms with Crippen molar-refractivity contribution in [2.45, 2.75) is 32.6 Å². The zero-order valence-corrected chi connectivity index (χ0v) is 13.3. The number of benzene rings is 2. The van der Waals surface area contributed by atoms with E-state index >= 15 is 0 Å². The molecule has 0 saturated heterocycles. The molecule has 0 fully saturated rings. The van der Waals surface area contributed by atoms with Gasteiger partial charge in [-0.05, 0) is 43.2 Å². The molecule has 0 aliphatic rings. The Morgan fingerprint density at radius 3 is 2.30 bits per heavy atom. The van der Waals surface area contributed by atoms with E-state index in [1.54, 1.807) is 54.6 Å². The second-order valence-corrected chi connectivity index (χ2v) is 5.33. The van der Waals surface area contributed by atoms with Gasteiger partial charge in [-0.25, -0.2) is 9.18 Å². The van der Waals surface area contributed by atoms with Crippen LogP contribution in [0.1, 0.15) is 48.5 Å². The third-order valence-corrected chi connectivity index (χ3v) is 3.48. The number of carbonyl (C=O) groups is 1. The molecule has 0 spiro atoms. The molecule has 120 valence electrons. The molecule has 0 unspecified atom stereocenters. The lowest BCUT2D eigenvalue weighted by Crippen LogP contribution is -2.08. The third kappa shape index (κ3) is 5.37. The summed E-state index contributed by atoms with van der Waals surface area (Å²) in [5.41, 5.74) is 0.883. The Labute approximate surface area is 136 Å². The molecule has 0 radical (unpaired) electrons. The minimum Gasteiger partial charge on any atom is -0.423 e. The van der Waals surface area contributed by atoms with Crippen LogP contribution in [-0.4, -0.2) is 5.97 Å².